The highest BCUT2D eigenvalue weighted by Crippen LogP contribution is 2.34. The predicted octanol–water partition coefficient (Wildman–Crippen LogP) is 5.66. The van der Waals surface area contributed by atoms with E-state index in [0.29, 0.717) is 23.4 Å². The summed E-state index contributed by atoms with van der Waals surface area (Å²) in [6.07, 6.45) is 13.2. The van der Waals surface area contributed by atoms with Crippen LogP contribution in [0.5, 0.6) is 5.75 Å². The van der Waals surface area contributed by atoms with Gasteiger partial charge in [-0.15, -0.1) is 0 Å². The number of hydrogen-bond acceptors (Lipinski definition) is 5. The molecule has 2 fully saturated rings. The highest BCUT2D eigenvalue weighted by molar-refractivity contribution is 8.14. The number of rotatable bonds is 9. The lowest BCUT2D eigenvalue weighted by Crippen LogP contribution is -2.28. The minimum Gasteiger partial charge on any atom is -0.490 e. The van der Waals surface area contributed by atoms with Crippen molar-refractivity contribution in [2.75, 3.05) is 18.9 Å². The van der Waals surface area contributed by atoms with Gasteiger partial charge in [-0.2, -0.15) is 0 Å². The maximum Gasteiger partial charge on any atom is 0.219 e. The number of ether oxygens (including phenoxy) is 1. The number of aromatic nitrogens is 1. The number of hydrogen-bond donors (Lipinski definition) is 1. The average Bonchev–Trinajstić information content (AvgIpc) is 3.33. The monoisotopic (exact) mass is 456 g/mol. The van der Waals surface area contributed by atoms with Gasteiger partial charge < -0.3 is 10.1 Å². The quantitative estimate of drug-likeness (QED) is 0.527. The molecule has 0 spiro atoms. The summed E-state index contributed by atoms with van der Waals surface area (Å²) < 4.78 is 19.2. The Bertz CT molecular complexity index is 880. The first kappa shape index (κ1) is 23.2. The lowest BCUT2D eigenvalue weighted by Gasteiger charge is -2.28. The summed E-state index contributed by atoms with van der Waals surface area (Å²) in [4.78, 5) is 16.6. The molecule has 0 bridgehead atoms. The SMILES string of the molecule is O=C(SCCC1CCC(Cc2cncc(OCC3CCCN3)c2)CC1)c1cccc(F)c1. The third-order valence-corrected chi connectivity index (χ3v) is 7.63. The van der Waals surface area contributed by atoms with E-state index in [4.69, 9.17) is 4.74 Å². The summed E-state index contributed by atoms with van der Waals surface area (Å²) in [5.74, 6) is 2.72. The van der Waals surface area contributed by atoms with E-state index in [-0.39, 0.29) is 10.9 Å². The van der Waals surface area contributed by atoms with Crippen molar-refractivity contribution in [3.05, 3.63) is 59.7 Å². The van der Waals surface area contributed by atoms with Crippen LogP contribution < -0.4 is 10.1 Å². The molecule has 2 heterocycles. The van der Waals surface area contributed by atoms with Gasteiger partial charge in [-0.25, -0.2) is 4.39 Å². The Labute approximate surface area is 194 Å². The maximum absolute atomic E-state index is 13.3. The minimum atomic E-state index is -0.354. The molecule has 32 heavy (non-hydrogen) atoms. The molecule has 1 aromatic carbocycles. The minimum absolute atomic E-state index is 0.0310. The Morgan fingerprint density at radius 1 is 1.12 bits per heavy atom. The van der Waals surface area contributed by atoms with Crippen LogP contribution in [-0.4, -0.2) is 35.0 Å². The van der Waals surface area contributed by atoms with Crippen molar-refractivity contribution in [1.29, 1.82) is 0 Å². The topological polar surface area (TPSA) is 51.2 Å². The molecule has 4 rings (SSSR count). The van der Waals surface area contributed by atoms with Gasteiger partial charge in [-0.05, 0) is 80.7 Å². The first-order valence-corrected chi connectivity index (χ1v) is 12.9. The van der Waals surface area contributed by atoms with Crippen molar-refractivity contribution in [2.24, 2.45) is 11.8 Å². The van der Waals surface area contributed by atoms with Crippen LogP contribution in [-0.2, 0) is 6.42 Å². The van der Waals surface area contributed by atoms with Crippen molar-refractivity contribution in [3.63, 3.8) is 0 Å². The molecule has 1 saturated heterocycles. The molecule has 4 nitrogen and oxygen atoms in total. The zero-order chi connectivity index (χ0) is 22.2. The largest absolute Gasteiger partial charge is 0.490 e. The van der Waals surface area contributed by atoms with E-state index in [0.717, 1.165) is 37.5 Å². The van der Waals surface area contributed by atoms with Gasteiger partial charge in [0.05, 0.1) is 6.20 Å². The molecule has 172 valence electrons. The zero-order valence-electron chi connectivity index (χ0n) is 18.6. The van der Waals surface area contributed by atoms with E-state index < -0.39 is 0 Å². The number of thioether (sulfide) groups is 1. The van der Waals surface area contributed by atoms with Gasteiger partial charge >= 0.3 is 0 Å². The molecule has 0 radical (unpaired) electrons. The van der Waals surface area contributed by atoms with E-state index in [1.54, 1.807) is 12.1 Å². The van der Waals surface area contributed by atoms with Gasteiger partial charge in [0.25, 0.3) is 0 Å². The van der Waals surface area contributed by atoms with Crippen LogP contribution in [0.1, 0.15) is 60.9 Å². The lowest BCUT2D eigenvalue weighted by molar-refractivity contribution is 0.108. The number of nitrogens with zero attached hydrogens (tertiary/aromatic N) is 1. The molecule has 2 aliphatic rings. The van der Waals surface area contributed by atoms with Crippen LogP contribution in [0, 0.1) is 17.7 Å². The van der Waals surface area contributed by atoms with Gasteiger partial charge in [0, 0.05) is 23.6 Å². The highest BCUT2D eigenvalue weighted by atomic mass is 32.2. The van der Waals surface area contributed by atoms with E-state index in [1.807, 2.05) is 12.4 Å². The van der Waals surface area contributed by atoms with Crippen LogP contribution in [0.2, 0.25) is 0 Å². The fourth-order valence-corrected chi connectivity index (χ4v) is 5.75. The van der Waals surface area contributed by atoms with Crippen LogP contribution in [0.3, 0.4) is 0 Å². The Hall–Kier alpha value is -1.92. The third kappa shape index (κ3) is 7.04. The number of pyridine rings is 1. The second kappa shape index (κ2) is 11.8. The molecule has 1 saturated carbocycles. The van der Waals surface area contributed by atoms with E-state index >= 15 is 0 Å². The molecule has 1 atom stereocenters. The fourth-order valence-electron chi connectivity index (χ4n) is 4.82. The number of carbonyl (C=O) groups excluding carboxylic acids is 1. The van der Waals surface area contributed by atoms with Gasteiger partial charge in [0.2, 0.25) is 5.12 Å². The fraction of sp³-hybridized carbons (Fsp3) is 0.538. The molecule has 1 unspecified atom stereocenters. The first-order valence-electron chi connectivity index (χ1n) is 11.9. The molecule has 1 aromatic heterocycles. The smallest absolute Gasteiger partial charge is 0.219 e. The summed E-state index contributed by atoms with van der Waals surface area (Å²) in [6.45, 7) is 1.81. The molecule has 1 aliphatic carbocycles. The van der Waals surface area contributed by atoms with Crippen LogP contribution in [0.25, 0.3) is 0 Å². The van der Waals surface area contributed by atoms with E-state index in [1.165, 1.54) is 68.0 Å². The van der Waals surface area contributed by atoms with Crippen LogP contribution >= 0.6 is 11.8 Å². The molecule has 1 aliphatic heterocycles. The summed E-state index contributed by atoms with van der Waals surface area (Å²) in [5.41, 5.74) is 1.72. The molecule has 6 heteroatoms. The normalized spacial score (nSPS) is 23.2. The van der Waals surface area contributed by atoms with Crippen molar-refractivity contribution in [1.82, 2.24) is 10.3 Å². The van der Waals surface area contributed by atoms with E-state index in [2.05, 4.69) is 16.4 Å². The maximum atomic E-state index is 13.3. The Kier molecular flexibility index (Phi) is 8.57. The van der Waals surface area contributed by atoms with Gasteiger partial charge in [-0.1, -0.05) is 36.7 Å². The summed E-state index contributed by atoms with van der Waals surface area (Å²) in [6, 6.07) is 8.59. The van der Waals surface area contributed by atoms with Crippen molar-refractivity contribution in [2.45, 2.75) is 57.4 Å². The van der Waals surface area contributed by atoms with Gasteiger partial charge in [0.15, 0.2) is 0 Å². The predicted molar refractivity (Wildman–Crippen MR) is 128 cm³/mol. The highest BCUT2D eigenvalue weighted by Gasteiger charge is 2.22. The second-order valence-corrected chi connectivity index (χ2v) is 10.2. The summed E-state index contributed by atoms with van der Waals surface area (Å²) in [5, 5.41) is 3.43. The molecular weight excluding hydrogens is 423 g/mol. The van der Waals surface area contributed by atoms with Gasteiger partial charge in [0.1, 0.15) is 18.2 Å². The number of halogens is 1. The lowest BCUT2D eigenvalue weighted by atomic mass is 9.78. The van der Waals surface area contributed by atoms with Crippen molar-refractivity contribution >= 4 is 16.9 Å². The summed E-state index contributed by atoms with van der Waals surface area (Å²) in [7, 11) is 0. The van der Waals surface area contributed by atoms with Crippen LogP contribution in [0.4, 0.5) is 4.39 Å². The summed E-state index contributed by atoms with van der Waals surface area (Å²) >= 11 is 1.32. The van der Waals surface area contributed by atoms with E-state index in [9.17, 15) is 9.18 Å². The van der Waals surface area contributed by atoms with Gasteiger partial charge in [-0.3, -0.25) is 9.78 Å². The van der Waals surface area contributed by atoms with Crippen LogP contribution in [0.15, 0.2) is 42.7 Å². The number of nitrogens with one attached hydrogen (secondary N) is 1. The Morgan fingerprint density at radius 3 is 2.75 bits per heavy atom. The van der Waals surface area contributed by atoms with Crippen molar-refractivity contribution < 1.29 is 13.9 Å². The third-order valence-electron chi connectivity index (χ3n) is 6.69. The Morgan fingerprint density at radius 2 is 1.97 bits per heavy atom. The zero-order valence-corrected chi connectivity index (χ0v) is 19.4. The molecule has 1 N–H and O–H groups in total. The number of benzene rings is 1. The number of carbonyl (C=O) groups is 1. The second-order valence-electron chi connectivity index (χ2n) is 9.16. The standard InChI is InChI=1S/C26H33FN2O2S/c27-23-4-1-3-22(15-23)26(30)32-12-10-19-6-8-20(9-7-19)13-21-14-25(17-28-16-21)31-18-24-5-2-11-29-24/h1,3-4,14-17,19-20,24,29H,2,5-13,18H2. The molecule has 2 aromatic rings. The van der Waals surface area contributed by atoms with Crippen molar-refractivity contribution in [3.8, 4) is 5.75 Å². The first-order chi connectivity index (χ1) is 15.7. The molecule has 0 amide bonds. The average molecular weight is 457 g/mol. The Balaban J connectivity index is 1.15. The molecular formula is C26H33FN2O2S.